The molecule has 0 N–H and O–H groups in total. The summed E-state index contributed by atoms with van der Waals surface area (Å²) in [4.78, 5) is 23.2. The molecule has 1 rings (SSSR count). The predicted octanol–water partition coefficient (Wildman–Crippen LogP) is 1.98. The second-order valence-electron chi connectivity index (χ2n) is 3.75. The van der Waals surface area contributed by atoms with Gasteiger partial charge in [-0.3, -0.25) is 14.9 Å². The van der Waals surface area contributed by atoms with Gasteiger partial charge in [0.2, 0.25) is 0 Å². The number of esters is 1. The average molecular weight is 252 g/mol. The molecule has 0 saturated heterocycles. The fourth-order valence-electron chi connectivity index (χ4n) is 1.47. The smallest absolute Gasteiger partial charge is 0.307 e. The van der Waals surface area contributed by atoms with Crippen molar-refractivity contribution in [3.63, 3.8) is 0 Å². The average Bonchev–Trinajstić information content (AvgIpc) is 2.36. The maximum absolute atomic E-state index is 11.2. The third kappa shape index (κ3) is 4.04. The number of anilines is 1. The van der Waals surface area contributed by atoms with Crippen molar-refractivity contribution in [2.75, 3.05) is 25.1 Å². The Hall–Kier alpha value is -2.11. The van der Waals surface area contributed by atoms with Gasteiger partial charge in [-0.05, 0) is 13.0 Å². The van der Waals surface area contributed by atoms with Crippen LogP contribution in [0.2, 0.25) is 0 Å². The van der Waals surface area contributed by atoms with Gasteiger partial charge in [-0.2, -0.15) is 0 Å². The van der Waals surface area contributed by atoms with Crippen LogP contribution in [-0.4, -0.2) is 31.1 Å². The highest BCUT2D eigenvalue weighted by Crippen LogP contribution is 2.20. The van der Waals surface area contributed by atoms with Crippen LogP contribution in [0.25, 0.3) is 0 Å². The number of ether oxygens (including phenoxy) is 1. The zero-order valence-corrected chi connectivity index (χ0v) is 10.5. The first-order valence-corrected chi connectivity index (χ1v) is 5.65. The summed E-state index contributed by atoms with van der Waals surface area (Å²) in [6.07, 6.45) is 0.257. The summed E-state index contributed by atoms with van der Waals surface area (Å²) in [5.41, 5.74) is 0.740. The van der Waals surface area contributed by atoms with Crippen LogP contribution in [0.1, 0.15) is 13.3 Å². The molecule has 1 aromatic rings. The van der Waals surface area contributed by atoms with Gasteiger partial charge in [-0.15, -0.1) is 0 Å². The molecule has 1 aromatic carbocycles. The van der Waals surface area contributed by atoms with E-state index in [0.717, 1.165) is 0 Å². The Morgan fingerprint density at radius 2 is 2.22 bits per heavy atom. The lowest BCUT2D eigenvalue weighted by atomic mass is 10.2. The molecule has 0 radical (unpaired) electrons. The Bertz CT molecular complexity index is 434. The van der Waals surface area contributed by atoms with E-state index in [-0.39, 0.29) is 18.1 Å². The summed E-state index contributed by atoms with van der Waals surface area (Å²) >= 11 is 0. The van der Waals surface area contributed by atoms with Crippen molar-refractivity contribution in [2.45, 2.75) is 13.3 Å². The minimum atomic E-state index is -0.442. The molecule has 0 unspecified atom stereocenters. The van der Waals surface area contributed by atoms with E-state index in [9.17, 15) is 14.9 Å². The van der Waals surface area contributed by atoms with Crippen molar-refractivity contribution in [1.82, 2.24) is 0 Å². The maximum atomic E-state index is 11.2. The number of non-ortho nitro benzene ring substituents is 1. The largest absolute Gasteiger partial charge is 0.466 e. The Morgan fingerprint density at radius 3 is 2.83 bits per heavy atom. The molecule has 98 valence electrons. The SMILES string of the molecule is CCOC(=O)CCN(C)c1cccc([N+](=O)[O-])c1. The molecule has 0 aliphatic heterocycles. The number of rotatable bonds is 6. The van der Waals surface area contributed by atoms with Gasteiger partial charge in [0.05, 0.1) is 18.0 Å². The molecule has 6 nitrogen and oxygen atoms in total. The Labute approximate surface area is 105 Å². The van der Waals surface area contributed by atoms with Crippen molar-refractivity contribution in [3.8, 4) is 0 Å². The highest BCUT2D eigenvalue weighted by Gasteiger charge is 2.10. The molecule has 0 atom stereocenters. The van der Waals surface area contributed by atoms with E-state index in [4.69, 9.17) is 4.74 Å². The molecule has 0 spiro atoms. The molecular weight excluding hydrogens is 236 g/mol. The van der Waals surface area contributed by atoms with Gasteiger partial charge >= 0.3 is 5.97 Å². The molecular formula is C12H16N2O4. The Morgan fingerprint density at radius 1 is 1.50 bits per heavy atom. The van der Waals surface area contributed by atoms with Crippen LogP contribution in [0.15, 0.2) is 24.3 Å². The molecule has 0 fully saturated rings. The third-order valence-corrected chi connectivity index (χ3v) is 2.44. The second-order valence-corrected chi connectivity index (χ2v) is 3.75. The maximum Gasteiger partial charge on any atom is 0.307 e. The standard InChI is InChI=1S/C12H16N2O4/c1-3-18-12(15)7-8-13(2)10-5-4-6-11(9-10)14(16)17/h4-6,9H,3,7-8H2,1-2H3. The molecule has 0 bridgehead atoms. The summed E-state index contributed by atoms with van der Waals surface area (Å²) in [5.74, 6) is -0.269. The summed E-state index contributed by atoms with van der Waals surface area (Å²) in [6, 6.07) is 6.29. The summed E-state index contributed by atoms with van der Waals surface area (Å²) in [5, 5.41) is 10.6. The van der Waals surface area contributed by atoms with Crippen LogP contribution >= 0.6 is 0 Å². The minimum absolute atomic E-state index is 0.0375. The van der Waals surface area contributed by atoms with Crippen LogP contribution in [0.4, 0.5) is 11.4 Å². The zero-order chi connectivity index (χ0) is 13.5. The van der Waals surface area contributed by atoms with E-state index in [1.54, 1.807) is 31.0 Å². The lowest BCUT2D eigenvalue weighted by Gasteiger charge is -2.18. The predicted molar refractivity (Wildman–Crippen MR) is 67.6 cm³/mol. The number of benzene rings is 1. The van der Waals surface area contributed by atoms with Gasteiger partial charge in [-0.1, -0.05) is 6.07 Å². The number of hydrogen-bond donors (Lipinski definition) is 0. The molecule has 0 heterocycles. The normalized spacial score (nSPS) is 9.89. The van der Waals surface area contributed by atoms with Crippen molar-refractivity contribution >= 4 is 17.3 Å². The molecule has 0 aliphatic carbocycles. The van der Waals surface area contributed by atoms with Crippen LogP contribution in [0.3, 0.4) is 0 Å². The first-order valence-electron chi connectivity index (χ1n) is 5.65. The topological polar surface area (TPSA) is 72.7 Å². The summed E-state index contributed by atoms with van der Waals surface area (Å²) in [7, 11) is 1.78. The van der Waals surface area contributed by atoms with Gasteiger partial charge in [0.25, 0.3) is 5.69 Å². The van der Waals surface area contributed by atoms with Gasteiger partial charge in [0.15, 0.2) is 0 Å². The van der Waals surface area contributed by atoms with Crippen molar-refractivity contribution in [3.05, 3.63) is 34.4 Å². The number of nitrogens with zero attached hydrogens (tertiary/aromatic N) is 2. The monoisotopic (exact) mass is 252 g/mol. The fourth-order valence-corrected chi connectivity index (χ4v) is 1.47. The molecule has 0 aromatic heterocycles. The summed E-state index contributed by atoms with van der Waals surface area (Å²) < 4.78 is 4.82. The van der Waals surface area contributed by atoms with Crippen LogP contribution in [-0.2, 0) is 9.53 Å². The van der Waals surface area contributed by atoms with Gasteiger partial charge in [0.1, 0.15) is 0 Å². The first-order chi connectivity index (χ1) is 8.54. The molecule has 0 aliphatic rings. The number of carbonyl (C=O) groups excluding carboxylic acids is 1. The van der Waals surface area contributed by atoms with E-state index in [1.165, 1.54) is 12.1 Å². The van der Waals surface area contributed by atoms with Crippen LogP contribution < -0.4 is 4.90 Å². The number of nitro benzene ring substituents is 1. The van der Waals surface area contributed by atoms with Gasteiger partial charge in [-0.25, -0.2) is 0 Å². The molecule has 6 heteroatoms. The van der Waals surface area contributed by atoms with Crippen LogP contribution in [0.5, 0.6) is 0 Å². The van der Waals surface area contributed by atoms with E-state index in [0.29, 0.717) is 18.8 Å². The first kappa shape index (κ1) is 14.0. The number of carbonyl (C=O) groups is 1. The minimum Gasteiger partial charge on any atom is -0.466 e. The lowest BCUT2D eigenvalue weighted by molar-refractivity contribution is -0.384. The van der Waals surface area contributed by atoms with E-state index < -0.39 is 4.92 Å². The molecule has 0 amide bonds. The zero-order valence-electron chi connectivity index (χ0n) is 10.5. The Balaban J connectivity index is 2.61. The van der Waals surface area contributed by atoms with Crippen LogP contribution in [0, 0.1) is 10.1 Å². The number of nitro groups is 1. The van der Waals surface area contributed by atoms with E-state index in [2.05, 4.69) is 0 Å². The van der Waals surface area contributed by atoms with Gasteiger partial charge < -0.3 is 9.64 Å². The Kier molecular flexibility index (Phi) is 5.10. The third-order valence-electron chi connectivity index (χ3n) is 2.44. The summed E-state index contributed by atoms with van der Waals surface area (Å²) in [6.45, 7) is 2.57. The van der Waals surface area contributed by atoms with Gasteiger partial charge in [0, 0.05) is 31.4 Å². The quantitative estimate of drug-likeness (QED) is 0.439. The van der Waals surface area contributed by atoms with Crippen molar-refractivity contribution < 1.29 is 14.5 Å². The highest BCUT2D eigenvalue weighted by molar-refractivity contribution is 5.70. The second kappa shape index (κ2) is 6.58. The van der Waals surface area contributed by atoms with Crippen molar-refractivity contribution in [2.24, 2.45) is 0 Å². The van der Waals surface area contributed by atoms with Crippen molar-refractivity contribution in [1.29, 1.82) is 0 Å². The lowest BCUT2D eigenvalue weighted by Crippen LogP contribution is -2.22. The molecule has 18 heavy (non-hydrogen) atoms. The van der Waals surface area contributed by atoms with E-state index >= 15 is 0 Å². The number of hydrogen-bond acceptors (Lipinski definition) is 5. The van der Waals surface area contributed by atoms with E-state index in [1.807, 2.05) is 0 Å². The fraction of sp³-hybridized carbons (Fsp3) is 0.417. The molecule has 0 saturated carbocycles. The highest BCUT2D eigenvalue weighted by atomic mass is 16.6.